The van der Waals surface area contributed by atoms with Crippen molar-refractivity contribution in [1.82, 2.24) is 4.98 Å². The van der Waals surface area contributed by atoms with Crippen molar-refractivity contribution in [1.29, 1.82) is 0 Å². The minimum Gasteiger partial charge on any atom is -0.497 e. The molecule has 0 saturated heterocycles. The lowest BCUT2D eigenvalue weighted by Crippen LogP contribution is -1.80. The smallest absolute Gasteiger partial charge is 0.156 e. The highest BCUT2D eigenvalue weighted by atomic mass is 32.2. The van der Waals surface area contributed by atoms with Gasteiger partial charge in [0.2, 0.25) is 0 Å². The molecule has 96 valence electrons. The van der Waals surface area contributed by atoms with Crippen LogP contribution in [0.1, 0.15) is 0 Å². The van der Waals surface area contributed by atoms with Gasteiger partial charge in [-0.05, 0) is 30.3 Å². The quantitative estimate of drug-likeness (QED) is 0.704. The summed E-state index contributed by atoms with van der Waals surface area (Å²) < 4.78 is 20.6. The van der Waals surface area contributed by atoms with Gasteiger partial charge in [-0.3, -0.25) is 0 Å². The number of aromatic nitrogens is 1. The molecule has 1 heterocycles. The maximum Gasteiger partial charge on any atom is 0.156 e. The zero-order valence-corrected chi connectivity index (χ0v) is 11.7. The predicted molar refractivity (Wildman–Crippen MR) is 76.7 cm³/mol. The third kappa shape index (κ3) is 2.57. The Hall–Kier alpha value is -1.59. The van der Waals surface area contributed by atoms with Gasteiger partial charge < -0.3 is 4.74 Å². The van der Waals surface area contributed by atoms with Crippen LogP contribution in [0.15, 0.2) is 51.7 Å². The Bertz CT molecular complexity index is 726. The Morgan fingerprint density at radius 1 is 1.21 bits per heavy atom. The fourth-order valence-electron chi connectivity index (χ4n) is 1.68. The molecule has 0 saturated carbocycles. The first-order chi connectivity index (χ1) is 9.26. The summed E-state index contributed by atoms with van der Waals surface area (Å²) in [6.07, 6.45) is 0. The van der Waals surface area contributed by atoms with Gasteiger partial charge in [-0.1, -0.05) is 23.9 Å². The first-order valence-electron chi connectivity index (χ1n) is 5.63. The first kappa shape index (κ1) is 12.4. The van der Waals surface area contributed by atoms with Crippen LogP contribution in [0.25, 0.3) is 10.2 Å². The van der Waals surface area contributed by atoms with E-state index in [9.17, 15) is 4.39 Å². The van der Waals surface area contributed by atoms with Gasteiger partial charge in [0.1, 0.15) is 11.6 Å². The SMILES string of the molecule is COc1ccc2nc(Sc3ccccc3F)sc2c1. The summed E-state index contributed by atoms with van der Waals surface area (Å²) in [5.41, 5.74) is 0.907. The number of rotatable bonds is 3. The normalized spacial score (nSPS) is 10.8. The number of fused-ring (bicyclic) bond motifs is 1. The molecule has 3 aromatic rings. The van der Waals surface area contributed by atoms with Crippen molar-refractivity contribution in [2.75, 3.05) is 7.11 Å². The van der Waals surface area contributed by atoms with Crippen molar-refractivity contribution in [3.8, 4) is 5.75 Å². The number of hydrogen-bond acceptors (Lipinski definition) is 4. The largest absolute Gasteiger partial charge is 0.497 e. The minimum atomic E-state index is -0.218. The molecule has 0 aliphatic carbocycles. The fraction of sp³-hybridized carbons (Fsp3) is 0.0714. The molecule has 0 N–H and O–H groups in total. The standard InChI is InChI=1S/C14H10FNOS2/c1-17-9-6-7-11-13(8-9)19-14(16-11)18-12-5-3-2-4-10(12)15/h2-8H,1H3. The van der Waals surface area contributed by atoms with E-state index in [0.717, 1.165) is 20.3 Å². The van der Waals surface area contributed by atoms with Crippen molar-refractivity contribution in [2.45, 2.75) is 9.24 Å². The van der Waals surface area contributed by atoms with Crippen LogP contribution in [0.2, 0.25) is 0 Å². The van der Waals surface area contributed by atoms with Crippen LogP contribution in [-0.2, 0) is 0 Å². The van der Waals surface area contributed by atoms with Crippen molar-refractivity contribution < 1.29 is 9.13 Å². The molecule has 0 fully saturated rings. The lowest BCUT2D eigenvalue weighted by atomic mass is 10.3. The van der Waals surface area contributed by atoms with E-state index in [0.29, 0.717) is 4.90 Å². The van der Waals surface area contributed by atoms with Crippen LogP contribution in [0.5, 0.6) is 5.75 Å². The molecule has 0 spiro atoms. The highest BCUT2D eigenvalue weighted by Gasteiger charge is 2.09. The molecule has 0 aliphatic heterocycles. The van der Waals surface area contributed by atoms with Crippen molar-refractivity contribution in [2.24, 2.45) is 0 Å². The molecular formula is C14H10FNOS2. The van der Waals surface area contributed by atoms with E-state index in [1.165, 1.54) is 29.2 Å². The van der Waals surface area contributed by atoms with Crippen LogP contribution in [0, 0.1) is 5.82 Å². The molecule has 3 rings (SSSR count). The third-order valence-electron chi connectivity index (χ3n) is 2.61. The Morgan fingerprint density at radius 2 is 2.05 bits per heavy atom. The fourth-order valence-corrected chi connectivity index (χ4v) is 3.75. The number of benzene rings is 2. The van der Waals surface area contributed by atoms with Crippen LogP contribution in [0.4, 0.5) is 4.39 Å². The van der Waals surface area contributed by atoms with Gasteiger partial charge in [0.05, 0.1) is 22.2 Å². The number of hydrogen-bond donors (Lipinski definition) is 0. The molecule has 0 radical (unpaired) electrons. The van der Waals surface area contributed by atoms with Crippen LogP contribution >= 0.6 is 23.1 Å². The molecule has 19 heavy (non-hydrogen) atoms. The van der Waals surface area contributed by atoms with Gasteiger partial charge in [-0.2, -0.15) is 0 Å². The molecule has 0 amide bonds. The number of methoxy groups -OCH3 is 1. The Kier molecular flexibility index (Phi) is 3.40. The molecule has 0 atom stereocenters. The topological polar surface area (TPSA) is 22.1 Å². The Morgan fingerprint density at radius 3 is 2.84 bits per heavy atom. The van der Waals surface area contributed by atoms with Crippen molar-refractivity contribution >= 4 is 33.3 Å². The summed E-state index contributed by atoms with van der Waals surface area (Å²) in [5.74, 6) is 0.586. The van der Waals surface area contributed by atoms with Crippen molar-refractivity contribution in [3.63, 3.8) is 0 Å². The summed E-state index contributed by atoms with van der Waals surface area (Å²) in [6, 6.07) is 12.4. The average Bonchev–Trinajstić information content (AvgIpc) is 2.82. The zero-order chi connectivity index (χ0) is 13.2. The number of halogens is 1. The monoisotopic (exact) mass is 291 g/mol. The Balaban J connectivity index is 1.95. The molecule has 1 aromatic heterocycles. The van der Waals surface area contributed by atoms with Crippen molar-refractivity contribution in [3.05, 3.63) is 48.3 Å². The van der Waals surface area contributed by atoms with E-state index in [-0.39, 0.29) is 5.82 Å². The summed E-state index contributed by atoms with van der Waals surface area (Å²) >= 11 is 2.88. The molecule has 0 bridgehead atoms. The summed E-state index contributed by atoms with van der Waals surface area (Å²) in [4.78, 5) is 5.08. The van der Waals surface area contributed by atoms with Gasteiger partial charge in [0.15, 0.2) is 4.34 Å². The average molecular weight is 291 g/mol. The van der Waals surface area contributed by atoms with E-state index >= 15 is 0 Å². The van der Waals surface area contributed by atoms with Gasteiger partial charge in [-0.25, -0.2) is 9.37 Å². The maximum absolute atomic E-state index is 13.6. The first-order valence-corrected chi connectivity index (χ1v) is 7.26. The number of ether oxygens (including phenoxy) is 1. The van der Waals surface area contributed by atoms with Gasteiger partial charge in [0.25, 0.3) is 0 Å². The molecule has 0 aliphatic rings. The Labute approximate surface area is 118 Å². The second kappa shape index (κ2) is 5.19. The molecule has 5 heteroatoms. The maximum atomic E-state index is 13.6. The zero-order valence-electron chi connectivity index (χ0n) is 10.1. The van der Waals surface area contributed by atoms with E-state index in [1.807, 2.05) is 24.3 Å². The molecule has 2 aromatic carbocycles. The van der Waals surface area contributed by atoms with E-state index in [1.54, 1.807) is 19.2 Å². The highest BCUT2D eigenvalue weighted by molar-refractivity contribution is 8.01. The lowest BCUT2D eigenvalue weighted by Gasteiger charge is -1.97. The van der Waals surface area contributed by atoms with Gasteiger partial charge in [0, 0.05) is 0 Å². The van der Waals surface area contributed by atoms with Gasteiger partial charge >= 0.3 is 0 Å². The second-order valence-electron chi connectivity index (χ2n) is 3.85. The summed E-state index contributed by atoms with van der Waals surface area (Å²) in [7, 11) is 1.64. The van der Waals surface area contributed by atoms with E-state index in [4.69, 9.17) is 4.74 Å². The number of thiazole rings is 1. The highest BCUT2D eigenvalue weighted by Crippen LogP contribution is 2.36. The van der Waals surface area contributed by atoms with E-state index in [2.05, 4.69) is 4.98 Å². The summed E-state index contributed by atoms with van der Waals surface area (Å²) in [6.45, 7) is 0. The van der Waals surface area contributed by atoms with Crippen LogP contribution in [-0.4, -0.2) is 12.1 Å². The minimum absolute atomic E-state index is 0.218. The predicted octanol–water partition coefficient (Wildman–Crippen LogP) is 4.60. The lowest BCUT2D eigenvalue weighted by molar-refractivity contribution is 0.415. The number of nitrogens with zero attached hydrogens (tertiary/aromatic N) is 1. The summed E-state index contributed by atoms with van der Waals surface area (Å²) in [5, 5.41) is 0. The third-order valence-corrected chi connectivity index (χ3v) is 4.74. The van der Waals surface area contributed by atoms with Gasteiger partial charge in [-0.15, -0.1) is 11.3 Å². The van der Waals surface area contributed by atoms with E-state index < -0.39 is 0 Å². The molecule has 2 nitrogen and oxygen atoms in total. The molecule has 0 unspecified atom stereocenters. The second-order valence-corrected chi connectivity index (χ2v) is 6.17. The molecular weight excluding hydrogens is 281 g/mol. The van der Waals surface area contributed by atoms with Crippen LogP contribution in [0.3, 0.4) is 0 Å². The van der Waals surface area contributed by atoms with Crippen LogP contribution < -0.4 is 4.74 Å².